The van der Waals surface area contributed by atoms with E-state index in [4.69, 9.17) is 4.74 Å². The molecule has 0 heterocycles. The lowest BCUT2D eigenvalue weighted by atomic mass is 10.1. The lowest BCUT2D eigenvalue weighted by Crippen LogP contribution is -2.28. The molecule has 0 radical (unpaired) electrons. The summed E-state index contributed by atoms with van der Waals surface area (Å²) in [5, 5.41) is 11.1. The molecule has 134 valence electrons. The van der Waals surface area contributed by atoms with Crippen LogP contribution >= 0.6 is 0 Å². The third-order valence-corrected chi connectivity index (χ3v) is 3.94. The van der Waals surface area contributed by atoms with E-state index in [1.807, 2.05) is 24.3 Å². The highest BCUT2D eigenvalue weighted by molar-refractivity contribution is 5.87. The van der Waals surface area contributed by atoms with Gasteiger partial charge in [0.05, 0.1) is 12.0 Å². The first-order chi connectivity index (χ1) is 12.5. The fourth-order valence-corrected chi connectivity index (χ4v) is 2.54. The first kappa shape index (κ1) is 18.9. The molecule has 0 unspecified atom stereocenters. The van der Waals surface area contributed by atoms with Crippen LogP contribution in [0, 0.1) is 10.1 Å². The van der Waals surface area contributed by atoms with Crippen LogP contribution in [0.25, 0.3) is 6.08 Å². The molecule has 2 aromatic carbocycles. The van der Waals surface area contributed by atoms with Gasteiger partial charge in [-0.3, -0.25) is 14.9 Å². The Hall–Kier alpha value is -3.41. The number of nitro benzene ring substituents is 1. The third kappa shape index (κ3) is 4.57. The number of rotatable bonds is 8. The minimum Gasteiger partial charge on any atom is -0.497 e. The van der Waals surface area contributed by atoms with Crippen molar-refractivity contribution < 1.29 is 14.5 Å². The lowest BCUT2D eigenvalue weighted by Gasteiger charge is -2.22. The fourth-order valence-electron chi connectivity index (χ4n) is 2.54. The average molecular weight is 352 g/mol. The number of hydrogen-bond donors (Lipinski definition) is 0. The fraction of sp³-hybridized carbons (Fsp3) is 0.150. The van der Waals surface area contributed by atoms with Gasteiger partial charge in [-0.25, -0.2) is 0 Å². The average Bonchev–Trinajstić information content (AvgIpc) is 2.67. The number of hydrogen-bond acceptors (Lipinski definition) is 4. The number of methoxy groups -OCH3 is 1. The van der Waals surface area contributed by atoms with Gasteiger partial charge in [0.25, 0.3) is 5.69 Å². The van der Waals surface area contributed by atoms with Crippen molar-refractivity contribution in [1.82, 2.24) is 4.90 Å². The molecular formula is C20H20N2O4. The molecular weight excluding hydrogens is 332 g/mol. The molecule has 0 saturated carbocycles. The first-order valence-electron chi connectivity index (χ1n) is 7.92. The van der Waals surface area contributed by atoms with Crippen molar-refractivity contribution in [2.24, 2.45) is 0 Å². The van der Waals surface area contributed by atoms with E-state index in [2.05, 4.69) is 13.2 Å². The van der Waals surface area contributed by atoms with Crippen LogP contribution in [0.1, 0.15) is 16.7 Å². The Morgan fingerprint density at radius 3 is 2.42 bits per heavy atom. The summed E-state index contributed by atoms with van der Waals surface area (Å²) in [6, 6.07) is 11.9. The van der Waals surface area contributed by atoms with Crippen LogP contribution in [0.15, 0.2) is 61.7 Å². The highest BCUT2D eigenvalue weighted by Crippen LogP contribution is 2.22. The molecule has 2 rings (SSSR count). The second-order valence-electron chi connectivity index (χ2n) is 5.59. The van der Waals surface area contributed by atoms with Crippen LogP contribution in [0.5, 0.6) is 5.75 Å². The molecule has 0 aliphatic carbocycles. The molecule has 0 spiro atoms. The van der Waals surface area contributed by atoms with E-state index in [1.54, 1.807) is 24.2 Å². The molecule has 0 N–H and O–H groups in total. The van der Waals surface area contributed by atoms with Gasteiger partial charge >= 0.3 is 0 Å². The molecule has 6 nitrogen and oxygen atoms in total. The maximum atomic E-state index is 12.3. The minimum absolute atomic E-state index is 0.0268. The second kappa shape index (κ2) is 8.62. The number of carbonyl (C=O) groups excluding carboxylic acids is 1. The Labute approximate surface area is 152 Å². The van der Waals surface area contributed by atoms with E-state index in [9.17, 15) is 14.9 Å². The van der Waals surface area contributed by atoms with Crippen molar-refractivity contribution >= 4 is 17.7 Å². The minimum atomic E-state index is -0.459. The van der Waals surface area contributed by atoms with Gasteiger partial charge < -0.3 is 9.64 Å². The number of nitro groups is 1. The van der Waals surface area contributed by atoms with Crippen molar-refractivity contribution in [3.8, 4) is 5.75 Å². The molecule has 0 fully saturated rings. The van der Waals surface area contributed by atoms with Crippen LogP contribution in [0.3, 0.4) is 0 Å². The van der Waals surface area contributed by atoms with E-state index < -0.39 is 4.92 Å². The number of non-ortho nitro benzene ring substituents is 1. The SMILES string of the molecule is C=CC(=O)N(Cc1ccc(OC)cc1)Cc1cc([N+](=O)[O-])ccc1C=C. The topological polar surface area (TPSA) is 72.7 Å². The van der Waals surface area contributed by atoms with Gasteiger partial charge in [0.15, 0.2) is 0 Å². The maximum absolute atomic E-state index is 12.3. The molecule has 6 heteroatoms. The van der Waals surface area contributed by atoms with E-state index in [0.29, 0.717) is 12.1 Å². The second-order valence-corrected chi connectivity index (χ2v) is 5.59. The summed E-state index contributed by atoms with van der Waals surface area (Å²) >= 11 is 0. The normalized spacial score (nSPS) is 10.0. The van der Waals surface area contributed by atoms with Crippen LogP contribution in [0.4, 0.5) is 5.69 Å². The van der Waals surface area contributed by atoms with Crippen molar-refractivity contribution in [2.75, 3.05) is 7.11 Å². The molecule has 0 aromatic heterocycles. The zero-order valence-corrected chi connectivity index (χ0v) is 14.6. The molecule has 2 aromatic rings. The summed E-state index contributed by atoms with van der Waals surface area (Å²) in [6.45, 7) is 7.82. The lowest BCUT2D eigenvalue weighted by molar-refractivity contribution is -0.384. The van der Waals surface area contributed by atoms with Gasteiger partial charge in [0.2, 0.25) is 5.91 Å². The van der Waals surface area contributed by atoms with E-state index in [-0.39, 0.29) is 18.1 Å². The molecule has 0 aliphatic heterocycles. The predicted octanol–water partition coefficient (Wildman–Crippen LogP) is 3.96. The van der Waals surface area contributed by atoms with Gasteiger partial charge in [0, 0.05) is 25.2 Å². The number of ether oxygens (including phenoxy) is 1. The van der Waals surface area contributed by atoms with Crippen LogP contribution in [0.2, 0.25) is 0 Å². The van der Waals surface area contributed by atoms with E-state index in [1.165, 1.54) is 18.2 Å². The third-order valence-electron chi connectivity index (χ3n) is 3.94. The van der Waals surface area contributed by atoms with Gasteiger partial charge in [0.1, 0.15) is 5.75 Å². The highest BCUT2D eigenvalue weighted by Gasteiger charge is 2.16. The monoisotopic (exact) mass is 352 g/mol. The summed E-state index contributed by atoms with van der Waals surface area (Å²) < 4.78 is 5.13. The standard InChI is InChI=1S/C20H20N2O4/c1-4-16-8-9-18(22(24)25)12-17(16)14-21(20(23)5-2)13-15-6-10-19(26-3)11-7-15/h4-12H,1-2,13-14H2,3H3. The zero-order chi connectivity index (χ0) is 19.1. The number of nitrogens with zero attached hydrogens (tertiary/aromatic N) is 2. The Balaban J connectivity index is 2.31. The van der Waals surface area contributed by atoms with Crippen LogP contribution in [-0.4, -0.2) is 22.8 Å². The summed E-state index contributed by atoms with van der Waals surface area (Å²) in [6.07, 6.45) is 2.84. The zero-order valence-electron chi connectivity index (χ0n) is 14.6. The number of carbonyl (C=O) groups is 1. The Bertz CT molecular complexity index is 828. The Kier molecular flexibility index (Phi) is 6.27. The van der Waals surface area contributed by atoms with Crippen molar-refractivity contribution in [3.63, 3.8) is 0 Å². The van der Waals surface area contributed by atoms with E-state index in [0.717, 1.165) is 16.9 Å². The largest absolute Gasteiger partial charge is 0.497 e. The number of amides is 1. The van der Waals surface area contributed by atoms with Gasteiger partial charge in [-0.2, -0.15) is 0 Å². The highest BCUT2D eigenvalue weighted by atomic mass is 16.6. The van der Waals surface area contributed by atoms with Crippen molar-refractivity contribution in [3.05, 3.63) is 88.5 Å². The van der Waals surface area contributed by atoms with Crippen LogP contribution in [-0.2, 0) is 17.9 Å². The quantitative estimate of drug-likeness (QED) is 0.409. The molecule has 0 saturated heterocycles. The van der Waals surface area contributed by atoms with Crippen molar-refractivity contribution in [2.45, 2.75) is 13.1 Å². The van der Waals surface area contributed by atoms with Crippen LogP contribution < -0.4 is 4.74 Å². The summed E-state index contributed by atoms with van der Waals surface area (Å²) in [5.41, 5.74) is 2.28. The molecule has 0 atom stereocenters. The summed E-state index contributed by atoms with van der Waals surface area (Å²) in [5.74, 6) is 0.463. The van der Waals surface area contributed by atoms with Gasteiger partial charge in [-0.15, -0.1) is 0 Å². The van der Waals surface area contributed by atoms with E-state index >= 15 is 0 Å². The Morgan fingerprint density at radius 2 is 1.88 bits per heavy atom. The van der Waals surface area contributed by atoms with Gasteiger partial charge in [-0.05, 0) is 41.0 Å². The molecule has 0 bridgehead atoms. The smallest absolute Gasteiger partial charge is 0.269 e. The molecule has 0 aliphatic rings. The maximum Gasteiger partial charge on any atom is 0.269 e. The van der Waals surface area contributed by atoms with Gasteiger partial charge in [-0.1, -0.05) is 31.4 Å². The first-order valence-corrected chi connectivity index (χ1v) is 7.92. The molecule has 26 heavy (non-hydrogen) atoms. The number of benzene rings is 2. The summed E-state index contributed by atoms with van der Waals surface area (Å²) in [4.78, 5) is 24.4. The van der Waals surface area contributed by atoms with Crippen molar-refractivity contribution in [1.29, 1.82) is 0 Å². The molecule has 1 amide bonds. The predicted molar refractivity (Wildman–Crippen MR) is 101 cm³/mol. The summed E-state index contributed by atoms with van der Waals surface area (Å²) in [7, 11) is 1.58. The Morgan fingerprint density at radius 1 is 1.19 bits per heavy atom.